The highest BCUT2D eigenvalue weighted by Crippen LogP contribution is 2.46. The summed E-state index contributed by atoms with van der Waals surface area (Å²) in [5, 5.41) is 9.35. The molecule has 0 aliphatic carbocycles. The Kier molecular flexibility index (Phi) is 6.31. The topological polar surface area (TPSA) is 117 Å². The van der Waals surface area contributed by atoms with Gasteiger partial charge in [0.1, 0.15) is 6.33 Å². The number of piperidine rings is 2. The van der Waals surface area contributed by atoms with Crippen LogP contribution in [-0.4, -0.2) is 57.5 Å². The SMILES string of the molecule is Cn1c(Br)nc2c(N3CCC4(CC3)C(=O)Nc3ccccc34)ncnc21.O=C1Nc2ccccc2C12CCNCC2. The fourth-order valence-electron chi connectivity index (χ4n) is 6.89. The highest BCUT2D eigenvalue weighted by molar-refractivity contribution is 9.10. The maximum Gasteiger partial charge on any atom is 0.235 e. The first-order chi connectivity index (χ1) is 19.9. The van der Waals surface area contributed by atoms with Crippen molar-refractivity contribution < 1.29 is 9.59 Å². The van der Waals surface area contributed by atoms with Gasteiger partial charge in [0.05, 0.1) is 10.8 Å². The predicted octanol–water partition coefficient (Wildman–Crippen LogP) is 3.88. The van der Waals surface area contributed by atoms with E-state index in [9.17, 15) is 9.59 Å². The van der Waals surface area contributed by atoms with Gasteiger partial charge < -0.3 is 25.4 Å². The highest BCUT2D eigenvalue weighted by Gasteiger charge is 2.49. The maximum absolute atomic E-state index is 12.7. The van der Waals surface area contributed by atoms with Crippen molar-refractivity contribution in [3.63, 3.8) is 0 Å². The summed E-state index contributed by atoms with van der Waals surface area (Å²) >= 11 is 3.45. The van der Waals surface area contributed by atoms with Crippen LogP contribution in [0.25, 0.3) is 11.2 Å². The molecule has 10 nitrogen and oxygen atoms in total. The van der Waals surface area contributed by atoms with Gasteiger partial charge in [0.2, 0.25) is 11.8 Å². The van der Waals surface area contributed by atoms with Gasteiger partial charge in [-0.05, 0) is 78.0 Å². The smallest absolute Gasteiger partial charge is 0.235 e. The van der Waals surface area contributed by atoms with Crippen molar-refractivity contribution in [1.82, 2.24) is 24.8 Å². The molecule has 2 aromatic carbocycles. The van der Waals surface area contributed by atoms with Gasteiger partial charge in [-0.1, -0.05) is 36.4 Å². The minimum absolute atomic E-state index is 0.117. The van der Waals surface area contributed by atoms with Crippen molar-refractivity contribution in [2.45, 2.75) is 36.5 Å². The number of para-hydroxylation sites is 2. The molecule has 2 amide bonds. The first-order valence-electron chi connectivity index (χ1n) is 14.0. The Bertz CT molecular complexity index is 1670. The lowest BCUT2D eigenvalue weighted by atomic mass is 9.73. The normalized spacial score (nSPS) is 19.9. The lowest BCUT2D eigenvalue weighted by Crippen LogP contribution is -2.46. The summed E-state index contributed by atoms with van der Waals surface area (Å²) in [5.41, 5.74) is 5.18. The zero-order chi connectivity index (χ0) is 28.2. The van der Waals surface area contributed by atoms with E-state index in [2.05, 4.69) is 63.9 Å². The number of amides is 2. The molecule has 210 valence electrons. The van der Waals surface area contributed by atoms with Crippen LogP contribution in [-0.2, 0) is 27.5 Å². The first kappa shape index (κ1) is 26.1. The number of halogens is 1. The first-order valence-corrected chi connectivity index (χ1v) is 14.8. The number of benzene rings is 2. The second-order valence-electron chi connectivity index (χ2n) is 11.2. The van der Waals surface area contributed by atoms with Crippen LogP contribution in [0.4, 0.5) is 17.2 Å². The van der Waals surface area contributed by atoms with Crippen LogP contribution in [0, 0.1) is 0 Å². The number of hydrogen-bond acceptors (Lipinski definition) is 7. The molecule has 6 heterocycles. The van der Waals surface area contributed by atoms with E-state index in [0.717, 1.165) is 90.5 Å². The molecular formula is C30H31BrN8O2. The van der Waals surface area contributed by atoms with Crippen molar-refractivity contribution in [2.24, 2.45) is 7.05 Å². The average Bonchev–Trinajstić information content (AvgIpc) is 3.56. The Morgan fingerprint density at radius 2 is 1.37 bits per heavy atom. The van der Waals surface area contributed by atoms with Gasteiger partial charge in [-0.25, -0.2) is 15.0 Å². The monoisotopic (exact) mass is 614 g/mol. The Hall–Kier alpha value is -3.83. The number of hydrogen-bond donors (Lipinski definition) is 3. The molecule has 4 aliphatic rings. The molecule has 0 unspecified atom stereocenters. The number of anilines is 3. The molecular weight excluding hydrogens is 584 g/mol. The van der Waals surface area contributed by atoms with Gasteiger partial charge >= 0.3 is 0 Å². The Morgan fingerprint density at radius 1 is 0.805 bits per heavy atom. The second kappa shape index (κ2) is 9.92. The summed E-state index contributed by atoms with van der Waals surface area (Å²) in [6.07, 6.45) is 4.92. The molecule has 11 heteroatoms. The summed E-state index contributed by atoms with van der Waals surface area (Å²) in [6, 6.07) is 16.1. The number of aromatic nitrogens is 4. The molecule has 0 atom stereocenters. The minimum Gasteiger partial charge on any atom is -0.355 e. The number of carbonyl (C=O) groups is 2. The Morgan fingerprint density at radius 3 is 1.98 bits per heavy atom. The van der Waals surface area contributed by atoms with Crippen LogP contribution in [0.15, 0.2) is 59.6 Å². The molecule has 3 N–H and O–H groups in total. The molecule has 41 heavy (non-hydrogen) atoms. The number of rotatable bonds is 1. The predicted molar refractivity (Wildman–Crippen MR) is 161 cm³/mol. The molecule has 0 radical (unpaired) electrons. The van der Waals surface area contributed by atoms with Crippen LogP contribution in [0.5, 0.6) is 0 Å². The molecule has 2 saturated heterocycles. The number of nitrogens with one attached hydrogen (secondary N) is 3. The van der Waals surface area contributed by atoms with Gasteiger partial charge in [0, 0.05) is 31.5 Å². The lowest BCUT2D eigenvalue weighted by Gasteiger charge is -2.38. The van der Waals surface area contributed by atoms with Gasteiger partial charge in [0.25, 0.3) is 0 Å². The standard InChI is InChI=1S/C18H17BrN6O.C12H14N2O/c1-24-14-13(23-17(24)19)15(21-10-20-14)25-8-6-18(7-9-25)11-4-2-3-5-12(11)22-16(18)26;15-11-12(5-7-13-8-6-12)9-3-1-2-4-10(9)14-11/h2-5,10H,6-9H2,1H3,(H,22,26);1-4,13H,5-8H2,(H,14,15). The zero-order valence-electron chi connectivity index (χ0n) is 22.8. The van der Waals surface area contributed by atoms with Crippen molar-refractivity contribution >= 4 is 56.1 Å². The van der Waals surface area contributed by atoms with E-state index >= 15 is 0 Å². The molecule has 0 saturated carbocycles. The third kappa shape index (κ3) is 4.05. The number of fused-ring (bicyclic) bond motifs is 5. The average molecular weight is 616 g/mol. The fraction of sp³-hybridized carbons (Fsp3) is 0.367. The molecule has 0 bridgehead atoms. The number of nitrogens with zero attached hydrogens (tertiary/aromatic N) is 5. The Labute approximate surface area is 246 Å². The molecule has 2 fully saturated rings. The molecule has 2 aromatic heterocycles. The zero-order valence-corrected chi connectivity index (χ0v) is 24.4. The Balaban J connectivity index is 0.000000156. The van der Waals surface area contributed by atoms with Crippen LogP contribution in [0.1, 0.15) is 36.8 Å². The maximum atomic E-state index is 12.7. The summed E-state index contributed by atoms with van der Waals surface area (Å²) in [6.45, 7) is 3.37. The van der Waals surface area contributed by atoms with Gasteiger partial charge in [0.15, 0.2) is 21.7 Å². The van der Waals surface area contributed by atoms with E-state index in [1.54, 1.807) is 6.33 Å². The van der Waals surface area contributed by atoms with E-state index < -0.39 is 5.41 Å². The summed E-state index contributed by atoms with van der Waals surface area (Å²) in [5.74, 6) is 1.13. The third-order valence-electron chi connectivity index (χ3n) is 9.21. The molecule has 4 aromatic rings. The molecule has 2 spiro atoms. The van der Waals surface area contributed by atoms with Crippen molar-refractivity contribution in [2.75, 3.05) is 41.7 Å². The van der Waals surface area contributed by atoms with Crippen molar-refractivity contribution in [3.8, 4) is 0 Å². The van der Waals surface area contributed by atoms with Crippen LogP contribution < -0.4 is 20.9 Å². The lowest BCUT2D eigenvalue weighted by molar-refractivity contribution is -0.122. The van der Waals surface area contributed by atoms with E-state index in [1.807, 2.05) is 48.0 Å². The van der Waals surface area contributed by atoms with Gasteiger partial charge in [-0.3, -0.25) is 9.59 Å². The van der Waals surface area contributed by atoms with Crippen molar-refractivity contribution in [3.05, 3.63) is 70.7 Å². The van der Waals surface area contributed by atoms with E-state index in [0.29, 0.717) is 0 Å². The van der Waals surface area contributed by atoms with Gasteiger partial charge in [-0.15, -0.1) is 0 Å². The second-order valence-corrected chi connectivity index (χ2v) is 11.9. The number of aryl methyl sites for hydroxylation is 1. The minimum atomic E-state index is -0.427. The molecule has 8 rings (SSSR count). The number of imidazole rings is 1. The summed E-state index contributed by atoms with van der Waals surface area (Å²) in [4.78, 5) is 40.4. The van der Waals surface area contributed by atoms with Crippen LogP contribution >= 0.6 is 15.9 Å². The largest absolute Gasteiger partial charge is 0.355 e. The van der Waals surface area contributed by atoms with Crippen LogP contribution in [0.2, 0.25) is 0 Å². The summed E-state index contributed by atoms with van der Waals surface area (Å²) in [7, 11) is 1.92. The number of carbonyl (C=O) groups excluding carboxylic acids is 2. The van der Waals surface area contributed by atoms with Crippen LogP contribution in [0.3, 0.4) is 0 Å². The van der Waals surface area contributed by atoms with Crippen molar-refractivity contribution in [1.29, 1.82) is 0 Å². The molecule has 4 aliphatic heterocycles. The van der Waals surface area contributed by atoms with E-state index in [-0.39, 0.29) is 17.2 Å². The van der Waals surface area contributed by atoms with E-state index in [4.69, 9.17) is 0 Å². The fourth-order valence-corrected chi connectivity index (χ4v) is 7.23. The van der Waals surface area contributed by atoms with Gasteiger partial charge in [-0.2, -0.15) is 0 Å². The highest BCUT2D eigenvalue weighted by atomic mass is 79.9. The summed E-state index contributed by atoms with van der Waals surface area (Å²) < 4.78 is 2.62. The van der Waals surface area contributed by atoms with E-state index in [1.165, 1.54) is 5.56 Å². The third-order valence-corrected chi connectivity index (χ3v) is 9.92. The quantitative estimate of drug-likeness (QED) is 0.279.